The molecule has 2 aromatic heterocycles. The Bertz CT molecular complexity index is 510. The molecule has 0 aliphatic rings. The van der Waals surface area contributed by atoms with Gasteiger partial charge in [0.15, 0.2) is 0 Å². The predicted molar refractivity (Wildman–Crippen MR) is 73.9 cm³/mol. The molecular formula is C12H14ClN3S. The second-order valence-electron chi connectivity index (χ2n) is 3.54. The molecule has 2 aromatic rings. The summed E-state index contributed by atoms with van der Waals surface area (Å²) in [7, 11) is 0. The highest BCUT2D eigenvalue weighted by molar-refractivity contribution is 7.19. The van der Waals surface area contributed by atoms with Gasteiger partial charge in [-0.05, 0) is 25.5 Å². The summed E-state index contributed by atoms with van der Waals surface area (Å²) in [5.41, 5.74) is 2.13. The van der Waals surface area contributed by atoms with Crippen molar-refractivity contribution in [2.75, 3.05) is 11.9 Å². The van der Waals surface area contributed by atoms with Crippen LogP contribution in [0.25, 0.3) is 10.6 Å². The standard InChI is InChI=1S/C12H14ClN3S/c1-3-8-11(9-5-6-10(13)17-9)15-7-16-12(8)14-4-2/h5-7H,3-4H2,1-2H3,(H,14,15,16). The molecule has 0 aromatic carbocycles. The molecule has 5 heteroatoms. The van der Waals surface area contributed by atoms with Crippen LogP contribution in [0.15, 0.2) is 18.5 Å². The van der Waals surface area contributed by atoms with Gasteiger partial charge in [-0.2, -0.15) is 0 Å². The van der Waals surface area contributed by atoms with E-state index >= 15 is 0 Å². The minimum absolute atomic E-state index is 0.783. The topological polar surface area (TPSA) is 37.8 Å². The van der Waals surface area contributed by atoms with Crippen molar-refractivity contribution in [2.45, 2.75) is 20.3 Å². The third kappa shape index (κ3) is 2.58. The highest BCUT2D eigenvalue weighted by Crippen LogP contribution is 2.33. The lowest BCUT2D eigenvalue weighted by Gasteiger charge is -2.10. The zero-order chi connectivity index (χ0) is 12.3. The van der Waals surface area contributed by atoms with E-state index in [4.69, 9.17) is 11.6 Å². The summed E-state index contributed by atoms with van der Waals surface area (Å²) >= 11 is 7.51. The Labute approximate surface area is 110 Å². The molecule has 0 amide bonds. The van der Waals surface area contributed by atoms with Crippen LogP contribution in [0.1, 0.15) is 19.4 Å². The monoisotopic (exact) mass is 267 g/mol. The first kappa shape index (κ1) is 12.3. The molecule has 90 valence electrons. The largest absolute Gasteiger partial charge is 0.370 e. The summed E-state index contributed by atoms with van der Waals surface area (Å²) in [5.74, 6) is 0.921. The Hall–Kier alpha value is -1.13. The molecule has 2 rings (SSSR count). The molecule has 2 heterocycles. The van der Waals surface area contributed by atoms with E-state index in [1.54, 1.807) is 17.7 Å². The lowest BCUT2D eigenvalue weighted by atomic mass is 10.1. The molecule has 0 fully saturated rings. The van der Waals surface area contributed by atoms with Crippen molar-refractivity contribution in [3.8, 4) is 10.6 Å². The highest BCUT2D eigenvalue weighted by Gasteiger charge is 2.12. The van der Waals surface area contributed by atoms with Gasteiger partial charge >= 0.3 is 0 Å². The molecule has 0 saturated carbocycles. The fourth-order valence-corrected chi connectivity index (χ4v) is 2.79. The molecule has 17 heavy (non-hydrogen) atoms. The van der Waals surface area contributed by atoms with E-state index in [1.807, 2.05) is 12.1 Å². The fourth-order valence-electron chi connectivity index (χ4n) is 1.72. The zero-order valence-corrected chi connectivity index (χ0v) is 11.4. The lowest BCUT2D eigenvalue weighted by Crippen LogP contribution is -2.05. The maximum Gasteiger partial charge on any atom is 0.133 e. The van der Waals surface area contributed by atoms with Gasteiger partial charge in [0.2, 0.25) is 0 Å². The number of halogens is 1. The molecule has 0 atom stereocenters. The first-order valence-corrected chi connectivity index (χ1v) is 6.79. The van der Waals surface area contributed by atoms with Crippen LogP contribution in [-0.4, -0.2) is 16.5 Å². The number of rotatable bonds is 4. The molecule has 1 N–H and O–H groups in total. The summed E-state index contributed by atoms with van der Waals surface area (Å²) in [5, 5.41) is 3.26. The Morgan fingerprint density at radius 3 is 2.71 bits per heavy atom. The predicted octanol–water partition coefficient (Wildman–Crippen LogP) is 3.85. The van der Waals surface area contributed by atoms with E-state index in [1.165, 1.54) is 0 Å². The van der Waals surface area contributed by atoms with Crippen LogP contribution in [0.3, 0.4) is 0 Å². The van der Waals surface area contributed by atoms with Crippen molar-refractivity contribution in [1.29, 1.82) is 0 Å². The maximum atomic E-state index is 5.97. The highest BCUT2D eigenvalue weighted by atomic mass is 35.5. The van der Waals surface area contributed by atoms with E-state index in [-0.39, 0.29) is 0 Å². The van der Waals surface area contributed by atoms with Crippen molar-refractivity contribution < 1.29 is 0 Å². The van der Waals surface area contributed by atoms with Crippen LogP contribution in [0.5, 0.6) is 0 Å². The van der Waals surface area contributed by atoms with E-state index < -0.39 is 0 Å². The summed E-state index contributed by atoms with van der Waals surface area (Å²) in [6, 6.07) is 3.90. The van der Waals surface area contributed by atoms with Gasteiger partial charge in [-0.15, -0.1) is 11.3 Å². The first-order chi connectivity index (χ1) is 8.26. The molecule has 3 nitrogen and oxygen atoms in total. The van der Waals surface area contributed by atoms with Crippen LogP contribution in [0.4, 0.5) is 5.82 Å². The third-order valence-corrected chi connectivity index (χ3v) is 3.69. The number of aromatic nitrogens is 2. The molecule has 0 radical (unpaired) electrons. The van der Waals surface area contributed by atoms with Crippen molar-refractivity contribution in [3.05, 3.63) is 28.4 Å². The molecule has 0 bridgehead atoms. The number of nitrogens with one attached hydrogen (secondary N) is 1. The van der Waals surface area contributed by atoms with E-state index in [0.717, 1.165) is 39.3 Å². The van der Waals surface area contributed by atoms with Crippen LogP contribution in [0, 0.1) is 0 Å². The third-order valence-electron chi connectivity index (χ3n) is 2.45. The van der Waals surface area contributed by atoms with Gasteiger partial charge in [-0.3, -0.25) is 0 Å². The molecule has 0 unspecified atom stereocenters. The summed E-state index contributed by atoms with van der Waals surface area (Å²) in [4.78, 5) is 9.75. The van der Waals surface area contributed by atoms with Gasteiger partial charge in [0.1, 0.15) is 12.1 Å². The Morgan fingerprint density at radius 1 is 1.29 bits per heavy atom. The number of hydrogen-bond acceptors (Lipinski definition) is 4. The Balaban J connectivity index is 2.49. The van der Waals surface area contributed by atoms with Crippen molar-refractivity contribution in [2.24, 2.45) is 0 Å². The van der Waals surface area contributed by atoms with Crippen LogP contribution in [-0.2, 0) is 6.42 Å². The normalized spacial score (nSPS) is 10.5. The number of anilines is 1. The fraction of sp³-hybridized carbons (Fsp3) is 0.333. The van der Waals surface area contributed by atoms with Gasteiger partial charge < -0.3 is 5.32 Å². The molecule has 0 saturated heterocycles. The summed E-state index contributed by atoms with van der Waals surface area (Å²) in [6.45, 7) is 5.02. The van der Waals surface area contributed by atoms with Crippen LogP contribution in [0.2, 0.25) is 4.34 Å². The van der Waals surface area contributed by atoms with Gasteiger partial charge in [0, 0.05) is 12.1 Å². The molecule has 0 aliphatic heterocycles. The quantitative estimate of drug-likeness (QED) is 0.914. The zero-order valence-electron chi connectivity index (χ0n) is 9.83. The van der Waals surface area contributed by atoms with Crippen molar-refractivity contribution in [3.63, 3.8) is 0 Å². The molecule has 0 spiro atoms. The van der Waals surface area contributed by atoms with E-state index in [0.29, 0.717) is 0 Å². The molecular weight excluding hydrogens is 254 g/mol. The van der Waals surface area contributed by atoms with Gasteiger partial charge in [0.05, 0.1) is 14.9 Å². The Kier molecular flexibility index (Phi) is 3.97. The van der Waals surface area contributed by atoms with E-state index in [9.17, 15) is 0 Å². The Morgan fingerprint density at radius 2 is 2.12 bits per heavy atom. The lowest BCUT2D eigenvalue weighted by molar-refractivity contribution is 1.03. The number of nitrogens with zero attached hydrogens (tertiary/aromatic N) is 2. The van der Waals surface area contributed by atoms with Crippen LogP contribution >= 0.6 is 22.9 Å². The maximum absolute atomic E-state index is 5.97. The average molecular weight is 268 g/mol. The van der Waals surface area contributed by atoms with Gasteiger partial charge in [-0.1, -0.05) is 18.5 Å². The molecule has 0 aliphatic carbocycles. The minimum Gasteiger partial charge on any atom is -0.370 e. The number of hydrogen-bond donors (Lipinski definition) is 1. The van der Waals surface area contributed by atoms with E-state index in [2.05, 4.69) is 29.1 Å². The second kappa shape index (κ2) is 5.47. The second-order valence-corrected chi connectivity index (χ2v) is 5.25. The van der Waals surface area contributed by atoms with Gasteiger partial charge in [-0.25, -0.2) is 9.97 Å². The summed E-state index contributed by atoms with van der Waals surface area (Å²) in [6.07, 6.45) is 2.49. The number of thiophene rings is 1. The summed E-state index contributed by atoms with van der Waals surface area (Å²) < 4.78 is 0.783. The van der Waals surface area contributed by atoms with Crippen LogP contribution < -0.4 is 5.32 Å². The average Bonchev–Trinajstić information content (AvgIpc) is 2.76. The van der Waals surface area contributed by atoms with Crippen molar-refractivity contribution in [1.82, 2.24) is 9.97 Å². The minimum atomic E-state index is 0.783. The smallest absolute Gasteiger partial charge is 0.133 e. The van der Waals surface area contributed by atoms with Crippen molar-refractivity contribution >= 4 is 28.8 Å². The SMILES string of the molecule is CCNc1ncnc(-c2ccc(Cl)s2)c1CC. The first-order valence-electron chi connectivity index (χ1n) is 5.59. The van der Waals surface area contributed by atoms with Gasteiger partial charge in [0.25, 0.3) is 0 Å².